The molecule has 1 aliphatic heterocycles. The molecule has 0 aromatic heterocycles. The number of primary amides is 1. The number of nitrogens with zero attached hydrogens (tertiary/aromatic N) is 1. The highest BCUT2D eigenvalue weighted by molar-refractivity contribution is 7.81. The van der Waals surface area contributed by atoms with Gasteiger partial charge in [0, 0.05) is 42.9 Å². The van der Waals surface area contributed by atoms with Gasteiger partial charge in [-0.1, -0.05) is 58.4 Å². The number of phenols is 2. The van der Waals surface area contributed by atoms with E-state index in [1.54, 1.807) is 27.7 Å². The average Bonchev–Trinajstić information content (AvgIpc) is 1.70. The number of carbonyl (C=O) groups is 17. The number of aromatic hydroxyl groups is 2. The molecule has 722 valence electrons. The van der Waals surface area contributed by atoms with E-state index in [1.807, 2.05) is 0 Å². The Balaban J connectivity index is 1.88. The maximum absolute atomic E-state index is 14.7. The predicted molar refractivity (Wildman–Crippen MR) is 474 cm³/mol. The summed E-state index contributed by atoms with van der Waals surface area (Å²) < 4.78 is -1.48. The fraction of sp³-hybridized carbons (Fsp3) is 0.620. The standard InChI is InChI=1S/C79H131N25O23S2/c1-8-38(4)59(101-72(121)56-32-44(109)34-104(56)76(125)58(86)37(2)3)73(122)103-61(79(6,7)129)75(124)97-51(30-40-11-15-42(107)16-12-40)68(117)99-54(35-105)70(119)96-52(33-57(85)110)69(118)90-45(10-9-29-89-78(87)88)62(111)94-50(23-28-84)67(116)102-60(39(5)106)74(123)95-49(22-27-83)65(114)92-47(20-25-81)63(112)91-46(19-24-80)64(113)93-48(21-26-82)66(115)100-55(36-128)71(120)98-53(77(126)127)31-41-13-17-43(108)18-14-41/h11-18,37-39,44-56,58-61,105-109,128-129H,8-10,19-36,80-84,86H2,1-7H3,(H2,85,110)(H,90,118)(H,91,112)(H,92,114)(H,93,113)(H,94,111)(H,95,123)(H,96,119)(H,97,124)(H,98,120)(H,99,117)(H,100,115)(H,101,121)(H,102,116)(H,103,122)(H,126,127)(H4,87,88,89)/t38-,39+,44+,45-,46-,47-,48-,49+,50-,51-,52-,53-,54-,55-,56-,58-,59-,60-,61+/m0/s1. The van der Waals surface area contributed by atoms with Crippen molar-refractivity contribution < 1.29 is 112 Å². The molecule has 1 heterocycles. The summed E-state index contributed by atoms with van der Waals surface area (Å²) in [5, 5.41) is 106. The summed E-state index contributed by atoms with van der Waals surface area (Å²) >= 11 is 8.76. The van der Waals surface area contributed by atoms with Gasteiger partial charge in [-0.25, -0.2) is 4.79 Å². The normalized spacial score (nSPS) is 17.1. The van der Waals surface area contributed by atoms with Crippen molar-refractivity contribution in [1.82, 2.24) is 84.7 Å². The number of guanidine groups is 1. The molecule has 50 heteroatoms. The van der Waals surface area contributed by atoms with Crippen LogP contribution < -0.4 is 126 Å². The van der Waals surface area contributed by atoms with Crippen molar-refractivity contribution in [1.29, 1.82) is 5.41 Å². The van der Waals surface area contributed by atoms with Gasteiger partial charge in [-0.15, -0.1) is 0 Å². The largest absolute Gasteiger partial charge is 0.508 e. The minimum atomic E-state index is -2.04. The van der Waals surface area contributed by atoms with E-state index in [9.17, 15) is 112 Å². The number of nitrogens with one attached hydrogen (secondary N) is 16. The fourth-order valence-corrected chi connectivity index (χ4v) is 13.5. The van der Waals surface area contributed by atoms with Crippen molar-refractivity contribution in [2.45, 2.75) is 239 Å². The molecule has 129 heavy (non-hydrogen) atoms. The van der Waals surface area contributed by atoms with Crippen LogP contribution in [-0.2, 0) is 94.3 Å². The van der Waals surface area contributed by atoms with Crippen LogP contribution in [0.5, 0.6) is 11.5 Å². The smallest absolute Gasteiger partial charge is 0.326 e. The summed E-state index contributed by atoms with van der Waals surface area (Å²) in [6.07, 6.45) is -6.55. The van der Waals surface area contributed by atoms with Crippen LogP contribution >= 0.6 is 25.3 Å². The highest BCUT2D eigenvalue weighted by atomic mass is 32.1. The summed E-state index contributed by atoms with van der Waals surface area (Å²) in [5.41, 5.74) is 47.2. The number of nitrogens with two attached hydrogens (primary N) is 8. The molecule has 1 saturated heterocycles. The van der Waals surface area contributed by atoms with Crippen LogP contribution in [0.15, 0.2) is 48.5 Å². The molecule has 1 fully saturated rings. The predicted octanol–water partition coefficient (Wildman–Crippen LogP) is -11.4. The monoisotopic (exact) mass is 1860 g/mol. The summed E-state index contributed by atoms with van der Waals surface area (Å²) in [6, 6.07) is -15.0. The van der Waals surface area contributed by atoms with Gasteiger partial charge in [-0.3, -0.25) is 82.1 Å². The number of carboxylic acid groups (broad SMARTS) is 1. The zero-order valence-corrected chi connectivity index (χ0v) is 74.9. The molecule has 2 aromatic rings. The van der Waals surface area contributed by atoms with E-state index in [2.05, 4.69) is 105 Å². The lowest BCUT2D eigenvalue weighted by molar-refractivity contribution is -0.142. The molecular formula is C79H131N25O23S2. The van der Waals surface area contributed by atoms with Gasteiger partial charge in [0.15, 0.2) is 5.96 Å². The fourth-order valence-electron chi connectivity index (χ4n) is 13.1. The number of aliphatic carboxylic acids is 1. The first kappa shape index (κ1) is 112. The molecule has 19 atom stereocenters. The average molecular weight is 1860 g/mol. The molecule has 0 aliphatic carbocycles. The van der Waals surface area contributed by atoms with E-state index >= 15 is 0 Å². The van der Waals surface area contributed by atoms with Gasteiger partial charge in [0.2, 0.25) is 94.5 Å². The minimum absolute atomic E-state index is 0.0853. The Bertz CT molecular complexity index is 4140. The summed E-state index contributed by atoms with van der Waals surface area (Å²) in [5.74, 6) is -20.7. The highest BCUT2D eigenvalue weighted by Gasteiger charge is 2.46. The maximum Gasteiger partial charge on any atom is 0.326 e. The van der Waals surface area contributed by atoms with E-state index in [0.717, 1.165) is 11.8 Å². The first-order valence-corrected chi connectivity index (χ1v) is 43.0. The first-order chi connectivity index (χ1) is 60.6. The van der Waals surface area contributed by atoms with Crippen LogP contribution in [0.3, 0.4) is 0 Å². The van der Waals surface area contributed by atoms with E-state index in [0.29, 0.717) is 12.0 Å². The lowest BCUT2D eigenvalue weighted by atomic mass is 9.95. The second kappa shape index (κ2) is 55.5. The number of phenolic OH excluding ortho intramolecular Hbond substituents is 2. The van der Waals surface area contributed by atoms with Crippen LogP contribution in [0.1, 0.15) is 124 Å². The van der Waals surface area contributed by atoms with Crippen molar-refractivity contribution in [2.75, 3.05) is 58.2 Å². The molecule has 0 unspecified atom stereocenters. The number of β-amino-alcohol motifs (C(OH)–C–C–N with tert-alkyl or cyclic N) is 1. The first-order valence-electron chi connectivity index (χ1n) is 41.9. The Morgan fingerprint density at radius 1 is 0.496 bits per heavy atom. The molecule has 0 spiro atoms. The number of carboxylic acids is 1. The van der Waals surface area contributed by atoms with Gasteiger partial charge in [0.25, 0.3) is 0 Å². The van der Waals surface area contributed by atoms with Gasteiger partial charge >= 0.3 is 5.97 Å². The van der Waals surface area contributed by atoms with Crippen LogP contribution in [-0.4, -0.2) is 314 Å². The highest BCUT2D eigenvalue weighted by Crippen LogP contribution is 2.24. The number of rotatable bonds is 57. The number of aliphatic hydroxyl groups is 3. The van der Waals surface area contributed by atoms with Gasteiger partial charge in [-0.2, -0.15) is 25.3 Å². The number of benzene rings is 2. The summed E-state index contributed by atoms with van der Waals surface area (Å²) in [6.45, 7) is 7.72. The van der Waals surface area contributed by atoms with Crippen LogP contribution in [0.25, 0.3) is 0 Å². The molecule has 48 nitrogen and oxygen atoms in total. The molecule has 0 saturated carbocycles. The number of hydrogen-bond acceptors (Lipinski definition) is 31. The Morgan fingerprint density at radius 2 is 0.853 bits per heavy atom. The second-order valence-electron chi connectivity index (χ2n) is 32.0. The zero-order chi connectivity index (χ0) is 97.4. The third-order valence-electron chi connectivity index (χ3n) is 20.7. The maximum atomic E-state index is 14.7. The molecule has 16 amide bonds. The van der Waals surface area contributed by atoms with Crippen LogP contribution in [0, 0.1) is 17.2 Å². The Morgan fingerprint density at radius 3 is 1.24 bits per heavy atom. The van der Waals surface area contributed by atoms with Crippen LogP contribution in [0.2, 0.25) is 0 Å². The molecule has 2 aromatic carbocycles. The van der Waals surface area contributed by atoms with Crippen molar-refractivity contribution in [2.24, 2.45) is 57.7 Å². The van der Waals surface area contributed by atoms with Gasteiger partial charge in [0.1, 0.15) is 102 Å². The molecule has 38 N–H and O–H groups in total. The third-order valence-corrected chi connectivity index (χ3v) is 21.3. The quantitative estimate of drug-likeness (QED) is 0.0127. The molecule has 0 bridgehead atoms. The van der Waals surface area contributed by atoms with Crippen LogP contribution in [0.4, 0.5) is 0 Å². The van der Waals surface area contributed by atoms with Crippen molar-refractivity contribution >= 4 is 132 Å². The van der Waals surface area contributed by atoms with E-state index in [1.165, 1.54) is 62.4 Å². The number of carbonyl (C=O) groups excluding carboxylic acids is 16. The van der Waals surface area contributed by atoms with E-state index in [-0.39, 0.29) is 126 Å². The van der Waals surface area contributed by atoms with Crippen molar-refractivity contribution in [3.05, 3.63) is 59.7 Å². The molecule has 0 radical (unpaired) electrons. The van der Waals surface area contributed by atoms with Gasteiger partial charge in [0.05, 0.1) is 31.3 Å². The number of thiol groups is 2. The van der Waals surface area contributed by atoms with Crippen molar-refractivity contribution in [3.63, 3.8) is 0 Å². The second-order valence-corrected chi connectivity index (χ2v) is 33.5. The molecular weight excluding hydrogens is 1730 g/mol. The summed E-state index contributed by atoms with van der Waals surface area (Å²) in [7, 11) is 0. The van der Waals surface area contributed by atoms with Gasteiger partial charge in [-0.05, 0) is 146 Å². The molecule has 3 rings (SSSR count). The van der Waals surface area contributed by atoms with Gasteiger partial charge < -0.3 is 161 Å². The number of amides is 16. The third kappa shape index (κ3) is 37.3. The lowest BCUT2D eigenvalue weighted by Gasteiger charge is -2.34. The Labute approximate surface area is 756 Å². The van der Waals surface area contributed by atoms with E-state index in [4.69, 9.17) is 51.3 Å². The lowest BCUT2D eigenvalue weighted by Crippen LogP contribution is -2.64. The topological polar surface area (TPSA) is 827 Å². The SMILES string of the molecule is CC[C@H](C)[C@H](NC(=O)[C@@H]1C[C@@H](O)CN1C(=O)[C@@H](N)C(C)C)C(=O)N[C@H](C(=O)N[C@@H](Cc1ccc(O)cc1)C(=O)N[C@@H](CO)C(=O)N[C@@H](CC(N)=O)C(=O)N[C@@H](CCCNC(=N)N)C(=O)N[C@@H](CCN)C(=O)N[C@H](C(=O)N[C@H](CCN)C(=O)N[C@@H](CCN)C(=O)N[C@@H](CCN)C(=O)N[C@@H](CCN)C(=O)N[C@@H](CS)C(=O)N[C@@H](Cc1ccc(O)cc1)C(=O)O)[C@@H](C)O)C(C)(C)S. The number of aliphatic hydroxyl groups excluding tert-OH is 3. The van der Waals surface area contributed by atoms with E-state index < -0.39 is 252 Å². The van der Waals surface area contributed by atoms with Crippen molar-refractivity contribution in [3.8, 4) is 11.5 Å². The number of likely N-dealkylation sites (tertiary alicyclic amines) is 1. The zero-order valence-electron chi connectivity index (χ0n) is 73.1. The number of hydrogen-bond donors (Lipinski definition) is 32. The Kier molecular flexibility index (Phi) is 48.1. The molecule has 1 aliphatic rings. The summed E-state index contributed by atoms with van der Waals surface area (Å²) in [4.78, 5) is 238. The Hall–Kier alpha value is -11.4. The minimum Gasteiger partial charge on any atom is -0.508 e.